The first-order valence-corrected chi connectivity index (χ1v) is 7.08. The molecule has 106 valence electrons. The Kier molecular flexibility index (Phi) is 4.66. The first-order valence-electron chi connectivity index (χ1n) is 7.08. The molecule has 0 fully saturated rings. The highest BCUT2D eigenvalue weighted by Crippen LogP contribution is 2.34. The van der Waals surface area contributed by atoms with Crippen molar-refractivity contribution in [2.45, 2.75) is 32.9 Å². The van der Waals surface area contributed by atoms with Crippen molar-refractivity contribution in [1.29, 1.82) is 0 Å². The molecule has 0 aromatic heterocycles. The number of benzene rings is 1. The van der Waals surface area contributed by atoms with Gasteiger partial charge in [-0.3, -0.25) is 0 Å². The van der Waals surface area contributed by atoms with Gasteiger partial charge in [-0.2, -0.15) is 0 Å². The lowest BCUT2D eigenvalue weighted by molar-refractivity contribution is 0.245. The maximum atomic E-state index is 9.44. The van der Waals surface area contributed by atoms with Gasteiger partial charge in [-0.25, -0.2) is 0 Å². The summed E-state index contributed by atoms with van der Waals surface area (Å²) in [5.74, 6) is 1.06. The molecule has 0 bridgehead atoms. The van der Waals surface area contributed by atoms with Crippen LogP contribution in [-0.4, -0.2) is 42.3 Å². The van der Waals surface area contributed by atoms with E-state index in [0.29, 0.717) is 12.6 Å². The highest BCUT2D eigenvalue weighted by Gasteiger charge is 2.25. The second kappa shape index (κ2) is 6.26. The van der Waals surface area contributed by atoms with Crippen LogP contribution in [0.5, 0.6) is 11.5 Å². The first kappa shape index (κ1) is 14.2. The Morgan fingerprint density at radius 2 is 2.16 bits per heavy atom. The lowest BCUT2D eigenvalue weighted by atomic mass is 10.1. The predicted octanol–water partition coefficient (Wildman–Crippen LogP) is 2.15. The van der Waals surface area contributed by atoms with Crippen LogP contribution >= 0.6 is 0 Å². The number of nitrogens with zero attached hydrogens (tertiary/aromatic N) is 1. The summed E-state index contributed by atoms with van der Waals surface area (Å²) in [6.07, 6.45) is 0. The van der Waals surface area contributed by atoms with Gasteiger partial charge in [-0.1, -0.05) is 13.8 Å². The summed E-state index contributed by atoms with van der Waals surface area (Å²) in [5, 5.41) is 13.0. The van der Waals surface area contributed by atoms with E-state index in [1.165, 1.54) is 0 Å². The summed E-state index contributed by atoms with van der Waals surface area (Å²) in [6, 6.07) is 5.98. The summed E-state index contributed by atoms with van der Waals surface area (Å²) in [7, 11) is 0. The minimum Gasteiger partial charge on any atom is -0.508 e. The van der Waals surface area contributed by atoms with Crippen molar-refractivity contribution in [1.82, 2.24) is 10.2 Å². The lowest BCUT2D eigenvalue weighted by Crippen LogP contribution is -2.41. The number of nitrogens with one attached hydrogen (secondary N) is 1. The molecular weight excluding hydrogens is 240 g/mol. The average Bonchev–Trinajstić information content (AvgIpc) is 2.78. The summed E-state index contributed by atoms with van der Waals surface area (Å²) < 4.78 is 5.61. The minimum absolute atomic E-state index is 0.223. The van der Waals surface area contributed by atoms with Gasteiger partial charge in [0, 0.05) is 24.2 Å². The normalized spacial score (nSPS) is 19.3. The van der Waals surface area contributed by atoms with Gasteiger partial charge in [-0.15, -0.1) is 0 Å². The molecule has 0 saturated heterocycles. The zero-order valence-electron chi connectivity index (χ0n) is 12.0. The standard InChI is InChI=1S/C15H24N2O2/c1-4-17(5-2)9-11(3)16-14-10-19-15-8-12(18)6-7-13(14)15/h6-8,11,14,16,18H,4-5,9-10H2,1-3H3. The highest BCUT2D eigenvalue weighted by molar-refractivity contribution is 5.44. The van der Waals surface area contributed by atoms with Crippen molar-refractivity contribution in [3.8, 4) is 11.5 Å². The van der Waals surface area contributed by atoms with E-state index in [9.17, 15) is 5.11 Å². The van der Waals surface area contributed by atoms with Crippen molar-refractivity contribution in [2.75, 3.05) is 26.2 Å². The Morgan fingerprint density at radius 1 is 1.42 bits per heavy atom. The van der Waals surface area contributed by atoms with Gasteiger partial charge < -0.3 is 20.1 Å². The molecule has 4 nitrogen and oxygen atoms in total. The van der Waals surface area contributed by atoms with Gasteiger partial charge in [0.25, 0.3) is 0 Å². The fraction of sp³-hybridized carbons (Fsp3) is 0.600. The number of hydrogen-bond acceptors (Lipinski definition) is 4. The maximum Gasteiger partial charge on any atom is 0.127 e. The molecule has 0 saturated carbocycles. The second-order valence-corrected chi connectivity index (χ2v) is 5.14. The first-order chi connectivity index (χ1) is 9.13. The molecule has 1 aromatic rings. The van der Waals surface area contributed by atoms with Crippen LogP contribution in [0.4, 0.5) is 0 Å². The number of ether oxygens (including phenoxy) is 1. The molecule has 2 atom stereocenters. The summed E-state index contributed by atoms with van der Waals surface area (Å²) in [6.45, 7) is 10.4. The van der Waals surface area contributed by atoms with Crippen molar-refractivity contribution in [3.05, 3.63) is 23.8 Å². The Morgan fingerprint density at radius 3 is 2.84 bits per heavy atom. The van der Waals surface area contributed by atoms with Crippen LogP contribution < -0.4 is 10.1 Å². The molecule has 0 aliphatic carbocycles. The van der Waals surface area contributed by atoms with E-state index in [0.717, 1.165) is 30.9 Å². The Balaban J connectivity index is 1.95. The van der Waals surface area contributed by atoms with E-state index in [4.69, 9.17) is 4.74 Å². The van der Waals surface area contributed by atoms with Gasteiger partial charge in [0.1, 0.15) is 18.1 Å². The van der Waals surface area contributed by atoms with Crippen LogP contribution in [0.15, 0.2) is 18.2 Å². The largest absolute Gasteiger partial charge is 0.508 e. The number of aromatic hydroxyl groups is 1. The van der Waals surface area contributed by atoms with Crippen LogP contribution in [0.2, 0.25) is 0 Å². The molecule has 0 spiro atoms. The van der Waals surface area contributed by atoms with E-state index < -0.39 is 0 Å². The number of likely N-dealkylation sites (N-methyl/N-ethyl adjacent to an activating group) is 1. The second-order valence-electron chi connectivity index (χ2n) is 5.14. The monoisotopic (exact) mass is 264 g/mol. The fourth-order valence-corrected chi connectivity index (χ4v) is 2.60. The average molecular weight is 264 g/mol. The van der Waals surface area contributed by atoms with Crippen molar-refractivity contribution >= 4 is 0 Å². The molecule has 0 radical (unpaired) electrons. The Hall–Kier alpha value is -1.26. The predicted molar refractivity (Wildman–Crippen MR) is 76.7 cm³/mol. The fourth-order valence-electron chi connectivity index (χ4n) is 2.60. The van der Waals surface area contributed by atoms with Gasteiger partial charge in [0.2, 0.25) is 0 Å². The molecule has 1 aliphatic heterocycles. The lowest BCUT2D eigenvalue weighted by Gasteiger charge is -2.25. The maximum absolute atomic E-state index is 9.44. The smallest absolute Gasteiger partial charge is 0.127 e. The molecule has 1 aromatic carbocycles. The third kappa shape index (κ3) is 3.39. The zero-order chi connectivity index (χ0) is 13.8. The Bertz CT molecular complexity index is 419. The molecule has 2 unspecified atom stereocenters. The van der Waals surface area contributed by atoms with Crippen molar-refractivity contribution < 1.29 is 9.84 Å². The zero-order valence-corrected chi connectivity index (χ0v) is 12.0. The summed E-state index contributed by atoms with van der Waals surface area (Å²) >= 11 is 0. The Labute approximate surface area is 115 Å². The van der Waals surface area contributed by atoms with Gasteiger partial charge in [0.15, 0.2) is 0 Å². The van der Waals surface area contributed by atoms with Gasteiger partial charge >= 0.3 is 0 Å². The SMILES string of the molecule is CCN(CC)CC(C)NC1COc2cc(O)ccc21. The molecule has 0 amide bonds. The third-order valence-corrected chi connectivity index (χ3v) is 3.69. The molecule has 2 rings (SSSR count). The van der Waals surface area contributed by atoms with Gasteiger partial charge in [-0.05, 0) is 32.1 Å². The van der Waals surface area contributed by atoms with Crippen molar-refractivity contribution in [3.63, 3.8) is 0 Å². The van der Waals surface area contributed by atoms with Crippen molar-refractivity contribution in [2.24, 2.45) is 0 Å². The molecule has 1 heterocycles. The highest BCUT2D eigenvalue weighted by atomic mass is 16.5. The molecular formula is C15H24N2O2. The van der Waals surface area contributed by atoms with E-state index in [2.05, 4.69) is 31.0 Å². The van der Waals surface area contributed by atoms with Crippen LogP contribution in [0.1, 0.15) is 32.4 Å². The molecule has 19 heavy (non-hydrogen) atoms. The summed E-state index contributed by atoms with van der Waals surface area (Å²) in [4.78, 5) is 2.41. The van der Waals surface area contributed by atoms with Crippen LogP contribution in [0, 0.1) is 0 Å². The third-order valence-electron chi connectivity index (χ3n) is 3.69. The number of rotatable bonds is 6. The topological polar surface area (TPSA) is 44.7 Å². The quantitative estimate of drug-likeness (QED) is 0.826. The number of phenolic OH excluding ortho intramolecular Hbond substituents is 1. The van der Waals surface area contributed by atoms with E-state index in [1.807, 2.05) is 6.07 Å². The van der Waals surface area contributed by atoms with E-state index >= 15 is 0 Å². The van der Waals surface area contributed by atoms with Gasteiger partial charge in [0.05, 0.1) is 6.04 Å². The molecule has 4 heteroatoms. The minimum atomic E-state index is 0.223. The van der Waals surface area contributed by atoms with Crippen LogP contribution in [0.25, 0.3) is 0 Å². The van der Waals surface area contributed by atoms with Crippen LogP contribution in [0.3, 0.4) is 0 Å². The van der Waals surface area contributed by atoms with E-state index in [1.54, 1.807) is 12.1 Å². The number of fused-ring (bicyclic) bond motifs is 1. The molecule has 1 aliphatic rings. The summed E-state index contributed by atoms with van der Waals surface area (Å²) in [5.41, 5.74) is 1.14. The van der Waals surface area contributed by atoms with Crippen LogP contribution in [-0.2, 0) is 0 Å². The molecule has 2 N–H and O–H groups in total. The van der Waals surface area contributed by atoms with E-state index in [-0.39, 0.29) is 11.8 Å². The number of hydrogen-bond donors (Lipinski definition) is 2. The number of phenols is 1.